The minimum absolute atomic E-state index is 0.0670. The molecule has 1 N–H and O–H groups in total. The van der Waals surface area contributed by atoms with Gasteiger partial charge < -0.3 is 19.5 Å². The third-order valence-electron chi connectivity index (χ3n) is 3.70. The van der Waals surface area contributed by atoms with Gasteiger partial charge in [0.1, 0.15) is 12.4 Å². The summed E-state index contributed by atoms with van der Waals surface area (Å²) >= 11 is 0. The van der Waals surface area contributed by atoms with E-state index in [9.17, 15) is 13.6 Å². The number of carbonyl (C=O) groups is 1. The maximum absolute atomic E-state index is 12.3. The minimum Gasteiger partial charge on any atom is -0.493 e. The van der Waals surface area contributed by atoms with Crippen LogP contribution in [-0.2, 0) is 4.79 Å². The number of benzene rings is 2. The number of hydrogen-bond acceptors (Lipinski definition) is 4. The largest absolute Gasteiger partial charge is 0.493 e. The van der Waals surface area contributed by atoms with Gasteiger partial charge in [-0.3, -0.25) is 4.79 Å². The summed E-state index contributed by atoms with van der Waals surface area (Å²) in [5, 5.41) is 2.71. The third-order valence-corrected chi connectivity index (χ3v) is 3.70. The van der Waals surface area contributed by atoms with Crippen molar-refractivity contribution in [2.45, 2.75) is 20.5 Å². The van der Waals surface area contributed by atoms with Crippen molar-refractivity contribution in [2.75, 3.05) is 20.3 Å². The zero-order chi connectivity index (χ0) is 20.5. The van der Waals surface area contributed by atoms with Gasteiger partial charge in [0.15, 0.2) is 11.5 Å². The van der Waals surface area contributed by atoms with Crippen molar-refractivity contribution in [3.05, 3.63) is 59.2 Å². The number of alkyl halides is 2. The molecule has 5 nitrogen and oxygen atoms in total. The first-order valence-electron chi connectivity index (χ1n) is 8.67. The molecular weight excluding hydrogens is 368 g/mol. The molecule has 0 radical (unpaired) electrons. The normalized spacial score (nSPS) is 10.9. The van der Waals surface area contributed by atoms with Crippen molar-refractivity contribution in [1.82, 2.24) is 5.32 Å². The molecule has 0 atom stereocenters. The van der Waals surface area contributed by atoms with Crippen LogP contribution in [0, 0.1) is 13.8 Å². The van der Waals surface area contributed by atoms with E-state index in [2.05, 4.69) is 16.1 Å². The fourth-order valence-electron chi connectivity index (χ4n) is 2.57. The summed E-state index contributed by atoms with van der Waals surface area (Å²) < 4.78 is 39.7. The van der Waals surface area contributed by atoms with E-state index >= 15 is 0 Å². The van der Waals surface area contributed by atoms with Crippen LogP contribution in [0.25, 0.3) is 6.08 Å². The molecule has 28 heavy (non-hydrogen) atoms. The lowest BCUT2D eigenvalue weighted by Gasteiger charge is -2.10. The molecule has 0 bridgehead atoms. The summed E-state index contributed by atoms with van der Waals surface area (Å²) in [6.45, 7) is 1.74. The summed E-state index contributed by atoms with van der Waals surface area (Å²) in [6, 6.07) is 10.3. The van der Waals surface area contributed by atoms with Crippen LogP contribution in [0.3, 0.4) is 0 Å². The number of aryl methyl sites for hydroxylation is 2. The number of methoxy groups -OCH3 is 1. The third kappa shape index (κ3) is 6.90. The predicted octanol–water partition coefficient (Wildman–Crippen LogP) is 4.12. The van der Waals surface area contributed by atoms with Crippen molar-refractivity contribution >= 4 is 12.0 Å². The summed E-state index contributed by atoms with van der Waals surface area (Å²) in [7, 11) is 1.35. The Morgan fingerprint density at radius 2 is 1.82 bits per heavy atom. The van der Waals surface area contributed by atoms with Gasteiger partial charge in [-0.05, 0) is 60.9 Å². The topological polar surface area (TPSA) is 56.8 Å². The fraction of sp³-hybridized carbons (Fsp3) is 0.286. The first kappa shape index (κ1) is 21.2. The molecule has 1 amide bonds. The van der Waals surface area contributed by atoms with E-state index in [4.69, 9.17) is 9.47 Å². The van der Waals surface area contributed by atoms with Crippen molar-refractivity contribution in [1.29, 1.82) is 0 Å². The quantitative estimate of drug-likeness (QED) is 0.516. The van der Waals surface area contributed by atoms with Gasteiger partial charge in [0, 0.05) is 6.08 Å². The van der Waals surface area contributed by atoms with Gasteiger partial charge >= 0.3 is 6.61 Å². The van der Waals surface area contributed by atoms with Gasteiger partial charge in [-0.25, -0.2) is 0 Å². The highest BCUT2D eigenvalue weighted by molar-refractivity contribution is 5.91. The van der Waals surface area contributed by atoms with Crippen molar-refractivity contribution in [3.8, 4) is 17.2 Å². The lowest BCUT2D eigenvalue weighted by atomic mass is 10.1. The average Bonchev–Trinajstić information content (AvgIpc) is 2.63. The Morgan fingerprint density at radius 1 is 1.11 bits per heavy atom. The molecule has 2 aromatic rings. The first-order valence-corrected chi connectivity index (χ1v) is 8.67. The van der Waals surface area contributed by atoms with E-state index in [1.165, 1.54) is 25.3 Å². The van der Waals surface area contributed by atoms with E-state index < -0.39 is 6.61 Å². The Hall–Kier alpha value is -3.09. The number of ether oxygens (including phenoxy) is 3. The summed E-state index contributed by atoms with van der Waals surface area (Å²) in [5.74, 6) is 0.559. The average molecular weight is 391 g/mol. The Kier molecular flexibility index (Phi) is 7.80. The Morgan fingerprint density at radius 3 is 2.46 bits per heavy atom. The summed E-state index contributed by atoms with van der Waals surface area (Å²) in [4.78, 5) is 11.9. The maximum Gasteiger partial charge on any atom is 0.387 e. The second-order valence-electron chi connectivity index (χ2n) is 6.09. The van der Waals surface area contributed by atoms with Crippen LogP contribution in [0.4, 0.5) is 8.78 Å². The molecule has 0 heterocycles. The van der Waals surface area contributed by atoms with E-state index in [-0.39, 0.29) is 17.4 Å². The van der Waals surface area contributed by atoms with Crippen LogP contribution in [-0.4, -0.2) is 32.8 Å². The van der Waals surface area contributed by atoms with Crippen molar-refractivity contribution < 1.29 is 27.8 Å². The number of hydrogen-bond donors (Lipinski definition) is 1. The molecule has 2 aromatic carbocycles. The molecule has 0 aliphatic heterocycles. The predicted molar refractivity (Wildman–Crippen MR) is 103 cm³/mol. The number of halogens is 2. The second kappa shape index (κ2) is 10.3. The molecule has 0 fully saturated rings. The zero-order valence-corrected chi connectivity index (χ0v) is 16.0. The molecule has 7 heteroatoms. The van der Waals surface area contributed by atoms with Crippen LogP contribution in [0.5, 0.6) is 17.2 Å². The molecule has 2 rings (SSSR count). The molecular formula is C21H23F2NO4. The highest BCUT2D eigenvalue weighted by Gasteiger charge is 2.10. The Balaban J connectivity index is 1.82. The minimum atomic E-state index is -2.94. The number of rotatable bonds is 9. The van der Waals surface area contributed by atoms with E-state index in [0.717, 1.165) is 16.9 Å². The molecule has 0 aromatic heterocycles. The monoisotopic (exact) mass is 391 g/mol. The van der Waals surface area contributed by atoms with E-state index in [1.54, 1.807) is 12.1 Å². The van der Waals surface area contributed by atoms with Gasteiger partial charge in [-0.2, -0.15) is 8.78 Å². The number of nitrogens with one attached hydrogen (secondary N) is 1. The van der Waals surface area contributed by atoms with Gasteiger partial charge in [0.2, 0.25) is 5.91 Å². The molecule has 0 saturated heterocycles. The Bertz CT molecular complexity index is 817. The molecule has 150 valence electrons. The molecule has 0 aliphatic rings. The van der Waals surface area contributed by atoms with Gasteiger partial charge in [0.25, 0.3) is 0 Å². The second-order valence-corrected chi connectivity index (χ2v) is 6.09. The standard InChI is InChI=1S/C21H23F2NO4/c1-14-10-15(2)12-17(11-14)27-9-8-24-20(25)7-5-16-4-6-18(28-21(22)23)19(13-16)26-3/h4-7,10-13,21H,8-9H2,1-3H3,(H,24,25)/b7-5+. The lowest BCUT2D eigenvalue weighted by Crippen LogP contribution is -2.26. The smallest absolute Gasteiger partial charge is 0.387 e. The molecule has 0 unspecified atom stereocenters. The van der Waals surface area contributed by atoms with Crippen molar-refractivity contribution in [2.24, 2.45) is 0 Å². The van der Waals surface area contributed by atoms with Crippen LogP contribution in [0.1, 0.15) is 16.7 Å². The molecule has 0 aliphatic carbocycles. The van der Waals surface area contributed by atoms with Crippen LogP contribution in [0.2, 0.25) is 0 Å². The van der Waals surface area contributed by atoms with Crippen LogP contribution in [0.15, 0.2) is 42.5 Å². The zero-order valence-electron chi connectivity index (χ0n) is 16.0. The lowest BCUT2D eigenvalue weighted by molar-refractivity contribution is -0.116. The van der Waals surface area contributed by atoms with E-state index in [1.807, 2.05) is 26.0 Å². The number of amides is 1. The Labute approximate surface area is 162 Å². The van der Waals surface area contributed by atoms with Crippen LogP contribution < -0.4 is 19.5 Å². The summed E-state index contributed by atoms with van der Waals surface area (Å²) in [6.07, 6.45) is 2.90. The SMILES string of the molecule is COc1cc(/C=C/C(=O)NCCOc2cc(C)cc(C)c2)ccc1OC(F)F. The maximum atomic E-state index is 12.3. The van der Waals surface area contributed by atoms with Crippen LogP contribution >= 0.6 is 0 Å². The molecule has 0 saturated carbocycles. The fourth-order valence-corrected chi connectivity index (χ4v) is 2.57. The number of carbonyl (C=O) groups excluding carboxylic acids is 1. The highest BCUT2D eigenvalue weighted by Crippen LogP contribution is 2.29. The van der Waals surface area contributed by atoms with Gasteiger partial charge in [0.05, 0.1) is 13.7 Å². The summed E-state index contributed by atoms with van der Waals surface area (Å²) in [5.41, 5.74) is 2.84. The van der Waals surface area contributed by atoms with Crippen molar-refractivity contribution in [3.63, 3.8) is 0 Å². The molecule has 0 spiro atoms. The van der Waals surface area contributed by atoms with Gasteiger partial charge in [-0.1, -0.05) is 12.1 Å². The highest BCUT2D eigenvalue weighted by atomic mass is 19.3. The van der Waals surface area contributed by atoms with Gasteiger partial charge in [-0.15, -0.1) is 0 Å². The van der Waals surface area contributed by atoms with E-state index in [0.29, 0.717) is 18.7 Å². The first-order chi connectivity index (χ1) is 13.4.